The Bertz CT molecular complexity index is 348. The molecule has 1 heterocycles. The van der Waals surface area contributed by atoms with Gasteiger partial charge in [0, 0.05) is 23.5 Å². The fourth-order valence-corrected chi connectivity index (χ4v) is 3.03. The SMILES string of the molecule is COc1ccc(C)c(NC2CCCSC2)c1. The van der Waals surface area contributed by atoms with Crippen LogP contribution in [-0.4, -0.2) is 24.7 Å². The highest BCUT2D eigenvalue weighted by Gasteiger charge is 2.14. The molecule has 0 spiro atoms. The number of nitrogens with one attached hydrogen (secondary N) is 1. The monoisotopic (exact) mass is 237 g/mol. The summed E-state index contributed by atoms with van der Waals surface area (Å²) in [5, 5.41) is 3.62. The smallest absolute Gasteiger partial charge is 0.120 e. The van der Waals surface area contributed by atoms with Gasteiger partial charge in [0.15, 0.2) is 0 Å². The second kappa shape index (κ2) is 5.48. The topological polar surface area (TPSA) is 21.3 Å². The van der Waals surface area contributed by atoms with Crippen LogP contribution in [0.2, 0.25) is 0 Å². The van der Waals surface area contributed by atoms with Crippen molar-refractivity contribution in [2.24, 2.45) is 0 Å². The summed E-state index contributed by atoms with van der Waals surface area (Å²) < 4.78 is 5.25. The van der Waals surface area contributed by atoms with Crippen LogP contribution in [0.1, 0.15) is 18.4 Å². The Labute approximate surface area is 102 Å². The summed E-state index contributed by atoms with van der Waals surface area (Å²) >= 11 is 2.04. The van der Waals surface area contributed by atoms with E-state index in [1.807, 2.05) is 17.8 Å². The average molecular weight is 237 g/mol. The molecule has 16 heavy (non-hydrogen) atoms. The van der Waals surface area contributed by atoms with E-state index in [2.05, 4.69) is 24.4 Å². The Hall–Kier alpha value is -0.830. The summed E-state index contributed by atoms with van der Waals surface area (Å²) in [7, 11) is 1.71. The lowest BCUT2D eigenvalue weighted by Crippen LogP contribution is -2.26. The van der Waals surface area contributed by atoms with Crippen molar-refractivity contribution >= 4 is 17.4 Å². The van der Waals surface area contributed by atoms with Gasteiger partial charge < -0.3 is 10.1 Å². The Morgan fingerprint density at radius 3 is 3.00 bits per heavy atom. The number of rotatable bonds is 3. The van der Waals surface area contributed by atoms with Gasteiger partial charge in [0.1, 0.15) is 5.75 Å². The van der Waals surface area contributed by atoms with Gasteiger partial charge in [-0.2, -0.15) is 11.8 Å². The molecule has 1 aliphatic heterocycles. The number of anilines is 1. The molecule has 1 aromatic rings. The third-order valence-electron chi connectivity index (χ3n) is 2.96. The van der Waals surface area contributed by atoms with E-state index in [9.17, 15) is 0 Å². The molecule has 2 rings (SSSR count). The van der Waals surface area contributed by atoms with E-state index in [0.717, 1.165) is 5.75 Å². The van der Waals surface area contributed by atoms with Crippen LogP contribution in [0, 0.1) is 6.92 Å². The van der Waals surface area contributed by atoms with Gasteiger partial charge in [-0.25, -0.2) is 0 Å². The first-order valence-corrected chi connectivity index (χ1v) is 6.94. The fraction of sp³-hybridized carbons (Fsp3) is 0.538. The van der Waals surface area contributed by atoms with Crippen LogP contribution in [0.5, 0.6) is 5.75 Å². The number of benzene rings is 1. The van der Waals surface area contributed by atoms with Gasteiger partial charge >= 0.3 is 0 Å². The van der Waals surface area contributed by atoms with Crippen LogP contribution < -0.4 is 10.1 Å². The molecule has 0 aromatic heterocycles. The predicted molar refractivity (Wildman–Crippen MR) is 71.7 cm³/mol. The van der Waals surface area contributed by atoms with E-state index in [0.29, 0.717) is 6.04 Å². The predicted octanol–water partition coefficient (Wildman–Crippen LogP) is 3.31. The molecule has 3 heteroatoms. The highest BCUT2D eigenvalue weighted by molar-refractivity contribution is 7.99. The molecule has 88 valence electrons. The molecule has 1 N–H and O–H groups in total. The standard InChI is InChI=1S/C13H19NOS/c1-10-5-6-12(15-2)8-13(10)14-11-4-3-7-16-9-11/h5-6,8,11,14H,3-4,7,9H2,1-2H3. The van der Waals surface area contributed by atoms with Crippen LogP contribution in [0.15, 0.2) is 18.2 Å². The third kappa shape index (κ3) is 2.85. The normalized spacial score (nSPS) is 20.5. The van der Waals surface area contributed by atoms with Gasteiger partial charge in [0.2, 0.25) is 0 Å². The lowest BCUT2D eigenvalue weighted by Gasteiger charge is -2.24. The molecule has 0 saturated carbocycles. The lowest BCUT2D eigenvalue weighted by molar-refractivity contribution is 0.415. The van der Waals surface area contributed by atoms with Crippen LogP contribution in [-0.2, 0) is 0 Å². The van der Waals surface area contributed by atoms with Crippen molar-refractivity contribution < 1.29 is 4.74 Å². The maximum Gasteiger partial charge on any atom is 0.120 e. The zero-order valence-corrected chi connectivity index (χ0v) is 10.8. The summed E-state index contributed by atoms with van der Waals surface area (Å²) in [6.45, 7) is 2.14. The molecule has 0 amide bonds. The molecule has 0 radical (unpaired) electrons. The summed E-state index contributed by atoms with van der Waals surface area (Å²) in [5.41, 5.74) is 2.50. The minimum absolute atomic E-state index is 0.615. The van der Waals surface area contributed by atoms with E-state index >= 15 is 0 Å². The lowest BCUT2D eigenvalue weighted by atomic mass is 10.1. The maximum atomic E-state index is 5.25. The molecule has 0 bridgehead atoms. The summed E-state index contributed by atoms with van der Waals surface area (Å²) in [6, 6.07) is 6.83. The number of methoxy groups -OCH3 is 1. The van der Waals surface area contributed by atoms with Gasteiger partial charge in [0.05, 0.1) is 7.11 Å². The largest absolute Gasteiger partial charge is 0.497 e. The first kappa shape index (κ1) is 11.6. The van der Waals surface area contributed by atoms with Gasteiger partial charge in [-0.1, -0.05) is 6.07 Å². The molecule has 1 fully saturated rings. The van der Waals surface area contributed by atoms with Crippen molar-refractivity contribution in [3.05, 3.63) is 23.8 Å². The Kier molecular flexibility index (Phi) is 3.99. The minimum Gasteiger partial charge on any atom is -0.497 e. The Morgan fingerprint density at radius 2 is 2.31 bits per heavy atom. The van der Waals surface area contributed by atoms with Crippen molar-refractivity contribution in [3.63, 3.8) is 0 Å². The van der Waals surface area contributed by atoms with Crippen molar-refractivity contribution in [2.45, 2.75) is 25.8 Å². The first-order valence-electron chi connectivity index (χ1n) is 5.78. The van der Waals surface area contributed by atoms with Crippen molar-refractivity contribution in [1.82, 2.24) is 0 Å². The van der Waals surface area contributed by atoms with Crippen LogP contribution in [0.25, 0.3) is 0 Å². The minimum atomic E-state index is 0.615. The van der Waals surface area contributed by atoms with Crippen LogP contribution >= 0.6 is 11.8 Å². The number of ether oxygens (including phenoxy) is 1. The van der Waals surface area contributed by atoms with Gasteiger partial charge in [-0.15, -0.1) is 0 Å². The summed E-state index contributed by atoms with van der Waals surface area (Å²) in [5.74, 6) is 3.46. The quantitative estimate of drug-likeness (QED) is 0.871. The Balaban J connectivity index is 2.06. The molecule has 2 nitrogen and oxygen atoms in total. The first-order chi connectivity index (χ1) is 7.79. The van der Waals surface area contributed by atoms with Crippen LogP contribution in [0.3, 0.4) is 0 Å². The third-order valence-corrected chi connectivity index (χ3v) is 4.18. The highest BCUT2D eigenvalue weighted by atomic mass is 32.2. The Morgan fingerprint density at radius 1 is 1.44 bits per heavy atom. The van der Waals surface area contributed by atoms with Gasteiger partial charge in [-0.3, -0.25) is 0 Å². The van der Waals surface area contributed by atoms with Crippen LogP contribution in [0.4, 0.5) is 5.69 Å². The second-order valence-corrected chi connectivity index (χ2v) is 5.39. The molecule has 1 aromatic carbocycles. The highest BCUT2D eigenvalue weighted by Crippen LogP contribution is 2.25. The average Bonchev–Trinajstić information content (AvgIpc) is 2.33. The van der Waals surface area contributed by atoms with E-state index in [4.69, 9.17) is 4.74 Å². The molecule has 1 saturated heterocycles. The van der Waals surface area contributed by atoms with E-state index in [1.54, 1.807) is 7.11 Å². The van der Waals surface area contributed by atoms with Crippen molar-refractivity contribution in [2.75, 3.05) is 23.9 Å². The second-order valence-electron chi connectivity index (χ2n) is 4.24. The number of thioether (sulfide) groups is 1. The zero-order valence-electron chi connectivity index (χ0n) is 9.95. The zero-order chi connectivity index (χ0) is 11.4. The van der Waals surface area contributed by atoms with E-state index < -0.39 is 0 Å². The van der Waals surface area contributed by atoms with Gasteiger partial charge in [0.25, 0.3) is 0 Å². The molecule has 1 unspecified atom stereocenters. The summed E-state index contributed by atoms with van der Waals surface area (Å²) in [4.78, 5) is 0. The van der Waals surface area contributed by atoms with Crippen molar-refractivity contribution in [1.29, 1.82) is 0 Å². The molecule has 1 atom stereocenters. The molecular formula is C13H19NOS. The molecular weight excluding hydrogens is 218 g/mol. The fourth-order valence-electron chi connectivity index (χ4n) is 1.96. The van der Waals surface area contributed by atoms with Crippen molar-refractivity contribution in [3.8, 4) is 5.75 Å². The van der Waals surface area contributed by atoms with Gasteiger partial charge in [-0.05, 0) is 37.1 Å². The summed E-state index contributed by atoms with van der Waals surface area (Å²) in [6.07, 6.45) is 2.61. The number of hydrogen-bond acceptors (Lipinski definition) is 3. The molecule has 0 aliphatic carbocycles. The number of hydrogen-bond donors (Lipinski definition) is 1. The number of aryl methyl sites for hydroxylation is 1. The van der Waals surface area contributed by atoms with E-state index in [-0.39, 0.29) is 0 Å². The maximum absolute atomic E-state index is 5.25. The van der Waals surface area contributed by atoms with E-state index in [1.165, 1.54) is 35.6 Å². The molecule has 1 aliphatic rings.